The Balaban J connectivity index is 2.32. The van der Waals surface area contributed by atoms with Gasteiger partial charge in [0.05, 0.1) is 0 Å². The molecule has 0 atom stereocenters. The molecule has 5 heteroatoms. The highest BCUT2D eigenvalue weighted by Crippen LogP contribution is 2.26. The second-order valence-electron chi connectivity index (χ2n) is 4.46. The number of hydrogen-bond donors (Lipinski definition) is 1. The Morgan fingerprint density at radius 1 is 1.11 bits per heavy atom. The zero-order valence-electron chi connectivity index (χ0n) is 11.2. The van der Waals surface area contributed by atoms with Crippen LogP contribution in [-0.2, 0) is 0 Å². The summed E-state index contributed by atoms with van der Waals surface area (Å²) < 4.78 is 1.98. The topological polar surface area (TPSA) is 55.1 Å². The molecule has 0 bridgehead atoms. The molecule has 1 N–H and O–H groups in total. The highest BCUT2D eigenvalue weighted by molar-refractivity contribution is 5.74. The van der Waals surface area contributed by atoms with E-state index in [1.807, 2.05) is 55.6 Å². The largest absolute Gasteiger partial charge is 0.388 e. The predicted octanol–water partition coefficient (Wildman–Crippen LogP) is 2.45. The summed E-state index contributed by atoms with van der Waals surface area (Å²) in [7, 11) is 1.90. The molecule has 2 aromatic heterocycles. The molecule has 0 spiro atoms. The molecule has 0 saturated heterocycles. The molecule has 0 radical (unpaired) electrons. The lowest BCUT2D eigenvalue weighted by atomic mass is 10.1. The molecule has 0 unspecified atom stereocenters. The van der Waals surface area contributed by atoms with Crippen molar-refractivity contribution in [2.24, 2.45) is 0 Å². The lowest BCUT2D eigenvalue weighted by molar-refractivity contribution is 0.962. The summed E-state index contributed by atoms with van der Waals surface area (Å²) in [6, 6.07) is 9.97. The third-order valence-corrected chi connectivity index (χ3v) is 3.13. The zero-order chi connectivity index (χ0) is 13.4. The van der Waals surface area contributed by atoms with Crippen LogP contribution in [0.15, 0.2) is 30.3 Å². The Hall–Kier alpha value is -2.43. The number of rotatable bonds is 2. The molecular formula is C14H15N5. The van der Waals surface area contributed by atoms with E-state index in [1.54, 1.807) is 0 Å². The van der Waals surface area contributed by atoms with Crippen molar-refractivity contribution in [2.45, 2.75) is 13.8 Å². The van der Waals surface area contributed by atoms with Crippen LogP contribution in [-0.4, -0.2) is 26.6 Å². The van der Waals surface area contributed by atoms with Crippen LogP contribution in [0.3, 0.4) is 0 Å². The molecule has 2 heterocycles. The van der Waals surface area contributed by atoms with Gasteiger partial charge in [0, 0.05) is 30.1 Å². The lowest BCUT2D eigenvalue weighted by Crippen LogP contribution is -2.01. The first-order valence-corrected chi connectivity index (χ1v) is 6.17. The Labute approximate surface area is 111 Å². The molecule has 0 amide bonds. The van der Waals surface area contributed by atoms with E-state index in [4.69, 9.17) is 0 Å². The number of nitrogens with one attached hydrogen (secondary N) is 1. The number of anilines is 1. The molecule has 3 rings (SSSR count). The van der Waals surface area contributed by atoms with Gasteiger partial charge in [-0.15, -0.1) is 10.2 Å². The first-order valence-electron chi connectivity index (χ1n) is 6.17. The number of para-hydroxylation sites is 1. The fourth-order valence-corrected chi connectivity index (χ4v) is 2.30. The minimum atomic E-state index is 0.810. The SMILES string of the molecule is CNc1ccccc1-c1nnc2cc(C)nc(C)n12. The van der Waals surface area contributed by atoms with Gasteiger partial charge < -0.3 is 5.32 Å². The fraction of sp³-hybridized carbons (Fsp3) is 0.214. The highest BCUT2D eigenvalue weighted by Gasteiger charge is 2.13. The third kappa shape index (κ3) is 1.83. The van der Waals surface area contributed by atoms with Gasteiger partial charge in [-0.1, -0.05) is 12.1 Å². The Bertz CT molecular complexity index is 745. The van der Waals surface area contributed by atoms with Crippen LogP contribution < -0.4 is 5.32 Å². The molecule has 1 aromatic carbocycles. The van der Waals surface area contributed by atoms with Crippen molar-refractivity contribution in [3.05, 3.63) is 41.9 Å². The number of fused-ring (bicyclic) bond motifs is 1. The van der Waals surface area contributed by atoms with Crippen molar-refractivity contribution in [3.63, 3.8) is 0 Å². The van der Waals surface area contributed by atoms with Crippen LogP contribution in [0.25, 0.3) is 17.0 Å². The summed E-state index contributed by atoms with van der Waals surface area (Å²) in [5.74, 6) is 1.70. The van der Waals surface area contributed by atoms with E-state index in [2.05, 4.69) is 20.5 Å². The van der Waals surface area contributed by atoms with Crippen molar-refractivity contribution < 1.29 is 0 Å². The summed E-state index contributed by atoms with van der Waals surface area (Å²) in [5, 5.41) is 11.7. The Morgan fingerprint density at radius 2 is 1.89 bits per heavy atom. The van der Waals surface area contributed by atoms with Gasteiger partial charge in [-0.2, -0.15) is 0 Å². The minimum absolute atomic E-state index is 0.810. The summed E-state index contributed by atoms with van der Waals surface area (Å²) in [4.78, 5) is 4.48. The quantitative estimate of drug-likeness (QED) is 0.762. The Morgan fingerprint density at radius 3 is 2.68 bits per heavy atom. The number of aryl methyl sites for hydroxylation is 2. The predicted molar refractivity (Wildman–Crippen MR) is 75.2 cm³/mol. The second kappa shape index (κ2) is 4.35. The lowest BCUT2D eigenvalue weighted by Gasteiger charge is -2.08. The number of benzene rings is 1. The molecule has 0 fully saturated rings. The van der Waals surface area contributed by atoms with E-state index in [0.717, 1.165) is 34.2 Å². The van der Waals surface area contributed by atoms with Crippen molar-refractivity contribution in [1.29, 1.82) is 0 Å². The van der Waals surface area contributed by atoms with Crippen molar-refractivity contribution in [1.82, 2.24) is 19.6 Å². The Kier molecular flexibility index (Phi) is 2.67. The smallest absolute Gasteiger partial charge is 0.171 e. The van der Waals surface area contributed by atoms with Crippen molar-refractivity contribution in [3.8, 4) is 11.4 Å². The third-order valence-electron chi connectivity index (χ3n) is 3.13. The molecule has 0 aliphatic rings. The number of nitrogens with zero attached hydrogens (tertiary/aromatic N) is 4. The number of aromatic nitrogens is 4. The van der Waals surface area contributed by atoms with Gasteiger partial charge in [-0.3, -0.25) is 4.40 Å². The van der Waals surface area contributed by atoms with Gasteiger partial charge in [0.15, 0.2) is 11.5 Å². The van der Waals surface area contributed by atoms with Gasteiger partial charge >= 0.3 is 0 Å². The van der Waals surface area contributed by atoms with Crippen LogP contribution in [0.5, 0.6) is 0 Å². The molecule has 19 heavy (non-hydrogen) atoms. The summed E-state index contributed by atoms with van der Waals surface area (Å²) in [5.41, 5.74) is 3.82. The maximum atomic E-state index is 4.48. The zero-order valence-corrected chi connectivity index (χ0v) is 11.2. The van der Waals surface area contributed by atoms with E-state index in [1.165, 1.54) is 0 Å². The first kappa shape index (κ1) is 11.6. The van der Waals surface area contributed by atoms with Gasteiger partial charge in [-0.05, 0) is 26.0 Å². The molecule has 3 aromatic rings. The van der Waals surface area contributed by atoms with Crippen molar-refractivity contribution in [2.75, 3.05) is 12.4 Å². The van der Waals surface area contributed by atoms with Crippen molar-refractivity contribution >= 4 is 11.3 Å². The normalized spacial score (nSPS) is 10.9. The average Bonchev–Trinajstić information content (AvgIpc) is 2.82. The van der Waals surface area contributed by atoms with Crippen LogP contribution in [0, 0.1) is 13.8 Å². The number of hydrogen-bond acceptors (Lipinski definition) is 4. The summed E-state index contributed by atoms with van der Waals surface area (Å²) in [6.07, 6.45) is 0. The first-order chi connectivity index (χ1) is 9.20. The van der Waals surface area contributed by atoms with E-state index in [0.29, 0.717) is 0 Å². The van der Waals surface area contributed by atoms with E-state index < -0.39 is 0 Å². The molecule has 96 valence electrons. The molecule has 5 nitrogen and oxygen atoms in total. The summed E-state index contributed by atoms with van der Waals surface area (Å²) >= 11 is 0. The fourth-order valence-electron chi connectivity index (χ4n) is 2.30. The minimum Gasteiger partial charge on any atom is -0.388 e. The van der Waals surface area contributed by atoms with E-state index >= 15 is 0 Å². The maximum absolute atomic E-state index is 4.48. The maximum Gasteiger partial charge on any atom is 0.171 e. The molecule has 0 aliphatic heterocycles. The average molecular weight is 253 g/mol. The van der Waals surface area contributed by atoms with Crippen LogP contribution in [0.4, 0.5) is 5.69 Å². The van der Waals surface area contributed by atoms with Gasteiger partial charge in [0.1, 0.15) is 5.82 Å². The molecule has 0 saturated carbocycles. The van der Waals surface area contributed by atoms with Gasteiger partial charge in [-0.25, -0.2) is 4.98 Å². The van der Waals surface area contributed by atoms with E-state index in [9.17, 15) is 0 Å². The standard InChI is InChI=1S/C14H15N5/c1-9-8-13-17-18-14(19(13)10(2)16-9)11-6-4-5-7-12(11)15-3/h4-8,15H,1-3H3. The monoisotopic (exact) mass is 253 g/mol. The van der Waals surface area contributed by atoms with Crippen LogP contribution in [0.2, 0.25) is 0 Å². The highest BCUT2D eigenvalue weighted by atomic mass is 15.3. The summed E-state index contributed by atoms with van der Waals surface area (Å²) in [6.45, 7) is 3.93. The van der Waals surface area contributed by atoms with E-state index in [-0.39, 0.29) is 0 Å². The molecular weight excluding hydrogens is 238 g/mol. The second-order valence-corrected chi connectivity index (χ2v) is 4.46. The van der Waals surface area contributed by atoms with Gasteiger partial charge in [0.2, 0.25) is 0 Å². The van der Waals surface area contributed by atoms with Crippen LogP contribution >= 0.6 is 0 Å². The van der Waals surface area contributed by atoms with Crippen LogP contribution in [0.1, 0.15) is 11.5 Å². The molecule has 0 aliphatic carbocycles. The van der Waals surface area contributed by atoms with Gasteiger partial charge in [0.25, 0.3) is 0 Å².